The minimum Gasteiger partial charge on any atom is -0.483 e. The lowest BCUT2D eigenvalue weighted by atomic mass is 9.90. The SMILES string of the molecule is Cc1cc(NC(=O)COc2cccc3c2CCCC3=O)n(C)n1. The predicted molar refractivity (Wildman–Crippen MR) is 85.8 cm³/mol. The van der Waals surface area contributed by atoms with Crippen molar-refractivity contribution in [3.63, 3.8) is 0 Å². The number of ether oxygens (including phenoxy) is 1. The highest BCUT2D eigenvalue weighted by molar-refractivity contribution is 5.99. The Balaban J connectivity index is 1.67. The van der Waals surface area contributed by atoms with Crippen LogP contribution >= 0.6 is 0 Å². The molecule has 0 saturated heterocycles. The summed E-state index contributed by atoms with van der Waals surface area (Å²) in [5.41, 5.74) is 2.46. The van der Waals surface area contributed by atoms with E-state index in [1.807, 2.05) is 13.0 Å². The average Bonchev–Trinajstić information content (AvgIpc) is 2.83. The monoisotopic (exact) mass is 313 g/mol. The molecule has 0 bridgehead atoms. The standard InChI is InChI=1S/C17H19N3O3/c1-11-9-16(20(2)19-11)18-17(22)10-23-15-8-4-5-12-13(15)6-3-7-14(12)21/h4-5,8-9H,3,6-7,10H2,1-2H3,(H,18,22). The van der Waals surface area contributed by atoms with Gasteiger partial charge in [0.15, 0.2) is 12.4 Å². The van der Waals surface area contributed by atoms with Crippen molar-refractivity contribution < 1.29 is 14.3 Å². The van der Waals surface area contributed by atoms with Gasteiger partial charge in [-0.3, -0.25) is 14.3 Å². The molecular formula is C17H19N3O3. The molecule has 1 heterocycles. The molecule has 3 rings (SSSR count). The molecule has 0 fully saturated rings. The molecule has 0 spiro atoms. The third-order valence-electron chi connectivity index (χ3n) is 3.89. The van der Waals surface area contributed by atoms with Crippen LogP contribution in [0.4, 0.5) is 5.82 Å². The molecular weight excluding hydrogens is 294 g/mol. The van der Waals surface area contributed by atoms with Crippen LogP contribution in [0, 0.1) is 6.92 Å². The first-order valence-corrected chi connectivity index (χ1v) is 7.63. The molecule has 0 saturated carbocycles. The fourth-order valence-corrected chi connectivity index (χ4v) is 2.83. The average molecular weight is 313 g/mol. The van der Waals surface area contributed by atoms with Crippen molar-refractivity contribution in [3.05, 3.63) is 41.1 Å². The molecule has 0 unspecified atom stereocenters. The van der Waals surface area contributed by atoms with Gasteiger partial charge in [-0.05, 0) is 25.8 Å². The van der Waals surface area contributed by atoms with E-state index in [4.69, 9.17) is 4.74 Å². The van der Waals surface area contributed by atoms with Crippen LogP contribution in [0.15, 0.2) is 24.3 Å². The molecule has 1 N–H and O–H groups in total. The van der Waals surface area contributed by atoms with Crippen LogP contribution in [0.25, 0.3) is 0 Å². The van der Waals surface area contributed by atoms with Crippen molar-refractivity contribution in [2.75, 3.05) is 11.9 Å². The number of fused-ring (bicyclic) bond motifs is 1. The van der Waals surface area contributed by atoms with E-state index in [1.165, 1.54) is 0 Å². The number of anilines is 1. The maximum atomic E-state index is 12.0. The van der Waals surface area contributed by atoms with E-state index in [-0.39, 0.29) is 18.3 Å². The van der Waals surface area contributed by atoms with Gasteiger partial charge < -0.3 is 10.1 Å². The molecule has 2 aromatic rings. The smallest absolute Gasteiger partial charge is 0.263 e. The highest BCUT2D eigenvalue weighted by Gasteiger charge is 2.20. The number of nitrogens with zero attached hydrogens (tertiary/aromatic N) is 2. The maximum Gasteiger partial charge on any atom is 0.263 e. The zero-order valence-electron chi connectivity index (χ0n) is 13.3. The topological polar surface area (TPSA) is 73.2 Å². The summed E-state index contributed by atoms with van der Waals surface area (Å²) in [5, 5.41) is 6.93. The van der Waals surface area contributed by atoms with Crippen molar-refractivity contribution in [3.8, 4) is 5.75 Å². The van der Waals surface area contributed by atoms with Crippen LogP contribution in [0.1, 0.15) is 34.5 Å². The number of rotatable bonds is 4. The Hall–Kier alpha value is -2.63. The van der Waals surface area contributed by atoms with E-state index in [1.54, 1.807) is 29.9 Å². The molecule has 0 radical (unpaired) electrons. The number of aromatic nitrogens is 2. The third-order valence-corrected chi connectivity index (χ3v) is 3.89. The fraction of sp³-hybridized carbons (Fsp3) is 0.353. The van der Waals surface area contributed by atoms with Gasteiger partial charge in [0.05, 0.1) is 5.69 Å². The molecule has 1 amide bonds. The molecule has 0 atom stereocenters. The van der Waals surface area contributed by atoms with Crippen molar-refractivity contribution in [1.29, 1.82) is 0 Å². The molecule has 0 aliphatic heterocycles. The molecule has 6 nitrogen and oxygen atoms in total. The highest BCUT2D eigenvalue weighted by Crippen LogP contribution is 2.29. The first-order chi connectivity index (χ1) is 11.0. The number of carbonyl (C=O) groups excluding carboxylic acids is 2. The first-order valence-electron chi connectivity index (χ1n) is 7.63. The summed E-state index contributed by atoms with van der Waals surface area (Å²) in [6.45, 7) is 1.76. The van der Waals surface area contributed by atoms with Crippen LogP contribution in [0.2, 0.25) is 0 Å². The Kier molecular flexibility index (Phi) is 4.14. The van der Waals surface area contributed by atoms with E-state index in [9.17, 15) is 9.59 Å². The molecule has 120 valence electrons. The minimum atomic E-state index is -0.257. The summed E-state index contributed by atoms with van der Waals surface area (Å²) in [5.74, 6) is 1.13. The number of benzene rings is 1. The van der Waals surface area contributed by atoms with Gasteiger partial charge in [-0.25, -0.2) is 0 Å². The number of hydrogen-bond donors (Lipinski definition) is 1. The second-order valence-electron chi connectivity index (χ2n) is 5.69. The van der Waals surface area contributed by atoms with Crippen LogP contribution in [-0.2, 0) is 18.3 Å². The fourth-order valence-electron chi connectivity index (χ4n) is 2.83. The molecule has 1 aromatic carbocycles. The zero-order valence-corrected chi connectivity index (χ0v) is 13.3. The van der Waals surface area contributed by atoms with Crippen molar-refractivity contribution in [1.82, 2.24) is 9.78 Å². The van der Waals surface area contributed by atoms with Crippen LogP contribution < -0.4 is 10.1 Å². The zero-order chi connectivity index (χ0) is 16.4. The predicted octanol–water partition coefficient (Wildman–Crippen LogP) is 2.27. The van der Waals surface area contributed by atoms with Crippen LogP contribution in [-0.4, -0.2) is 28.1 Å². The number of carbonyl (C=O) groups is 2. The number of nitrogens with one attached hydrogen (secondary N) is 1. The Bertz CT molecular complexity index is 764. The third kappa shape index (κ3) is 3.26. The summed E-state index contributed by atoms with van der Waals surface area (Å²) in [6.07, 6.45) is 2.21. The summed E-state index contributed by atoms with van der Waals surface area (Å²) in [6, 6.07) is 7.21. The second-order valence-corrected chi connectivity index (χ2v) is 5.69. The van der Waals surface area contributed by atoms with E-state index >= 15 is 0 Å². The summed E-state index contributed by atoms with van der Waals surface area (Å²) in [4.78, 5) is 23.9. The van der Waals surface area contributed by atoms with Crippen LogP contribution in [0.3, 0.4) is 0 Å². The Morgan fingerprint density at radius 2 is 2.22 bits per heavy atom. The Morgan fingerprint density at radius 3 is 2.96 bits per heavy atom. The number of amides is 1. The van der Waals surface area contributed by atoms with Gasteiger partial charge in [-0.15, -0.1) is 0 Å². The Morgan fingerprint density at radius 1 is 1.39 bits per heavy atom. The van der Waals surface area contributed by atoms with Gasteiger partial charge in [0, 0.05) is 30.7 Å². The molecule has 1 aliphatic carbocycles. The number of hydrogen-bond acceptors (Lipinski definition) is 4. The van der Waals surface area contributed by atoms with Gasteiger partial charge >= 0.3 is 0 Å². The first kappa shape index (κ1) is 15.3. The molecule has 1 aliphatic rings. The van der Waals surface area contributed by atoms with Gasteiger partial charge in [0.25, 0.3) is 5.91 Å². The molecule has 6 heteroatoms. The second kappa shape index (κ2) is 6.24. The minimum absolute atomic E-state index is 0.102. The van der Waals surface area contributed by atoms with Gasteiger partial charge in [-0.2, -0.15) is 5.10 Å². The number of Topliss-reactive ketones (excluding diaryl/α,β-unsaturated/α-hetero) is 1. The van der Waals surface area contributed by atoms with Crippen molar-refractivity contribution in [2.45, 2.75) is 26.2 Å². The van der Waals surface area contributed by atoms with Gasteiger partial charge in [0.1, 0.15) is 11.6 Å². The summed E-state index contributed by atoms with van der Waals surface area (Å²) < 4.78 is 7.25. The lowest BCUT2D eigenvalue weighted by molar-refractivity contribution is -0.118. The van der Waals surface area contributed by atoms with E-state index in [0.29, 0.717) is 18.0 Å². The Labute approximate surface area is 134 Å². The lowest BCUT2D eigenvalue weighted by Crippen LogP contribution is -2.22. The molecule has 23 heavy (non-hydrogen) atoms. The quantitative estimate of drug-likeness (QED) is 0.939. The molecule has 1 aromatic heterocycles. The number of ketones is 1. The van der Waals surface area contributed by atoms with E-state index in [0.717, 1.165) is 29.7 Å². The highest BCUT2D eigenvalue weighted by atomic mass is 16.5. The van der Waals surface area contributed by atoms with Crippen LogP contribution in [0.5, 0.6) is 5.75 Å². The maximum absolute atomic E-state index is 12.0. The summed E-state index contributed by atoms with van der Waals surface area (Å²) >= 11 is 0. The van der Waals surface area contributed by atoms with Crippen molar-refractivity contribution >= 4 is 17.5 Å². The van der Waals surface area contributed by atoms with E-state index in [2.05, 4.69) is 10.4 Å². The largest absolute Gasteiger partial charge is 0.483 e. The van der Waals surface area contributed by atoms with Gasteiger partial charge in [0.2, 0.25) is 0 Å². The van der Waals surface area contributed by atoms with Crippen molar-refractivity contribution in [2.24, 2.45) is 7.05 Å². The van der Waals surface area contributed by atoms with Gasteiger partial charge in [-0.1, -0.05) is 12.1 Å². The number of aryl methyl sites for hydroxylation is 2. The summed E-state index contributed by atoms with van der Waals surface area (Å²) in [7, 11) is 1.77. The normalized spacial score (nSPS) is 13.6. The van der Waals surface area contributed by atoms with E-state index < -0.39 is 0 Å². The lowest BCUT2D eigenvalue weighted by Gasteiger charge is -2.18.